The van der Waals surface area contributed by atoms with E-state index in [1.807, 2.05) is 0 Å². The summed E-state index contributed by atoms with van der Waals surface area (Å²) < 4.78 is 13.7. The minimum Gasteiger partial charge on any atom is -0.319 e. The van der Waals surface area contributed by atoms with Gasteiger partial charge in [-0.3, -0.25) is 4.79 Å². The summed E-state index contributed by atoms with van der Waals surface area (Å²) >= 11 is 5.78. The molecule has 6 heteroatoms. The second kappa shape index (κ2) is 5.79. The Labute approximate surface area is 119 Å². The van der Waals surface area contributed by atoms with Crippen molar-refractivity contribution in [2.45, 2.75) is 6.92 Å². The molecule has 0 bridgehead atoms. The standard InChI is InChI=1S/C14H10ClFN2O2/c1-8-2-4-13(11(16)6-8)17-14(19)10-7-9(15)3-5-12(10)18-20/h2-7H,1H3,(H,17,19). The molecule has 0 saturated carbocycles. The number of amides is 1. The molecule has 0 saturated heterocycles. The predicted molar refractivity (Wildman–Crippen MR) is 76.0 cm³/mol. The molecule has 0 fully saturated rings. The number of hydrogen-bond acceptors (Lipinski definition) is 3. The molecule has 0 aliphatic heterocycles. The van der Waals surface area contributed by atoms with Crippen molar-refractivity contribution in [1.82, 2.24) is 0 Å². The fourth-order valence-electron chi connectivity index (χ4n) is 1.68. The molecule has 0 aromatic heterocycles. The van der Waals surface area contributed by atoms with Crippen LogP contribution in [0.3, 0.4) is 0 Å². The first-order chi connectivity index (χ1) is 9.51. The van der Waals surface area contributed by atoms with E-state index in [9.17, 15) is 14.1 Å². The first-order valence-corrected chi connectivity index (χ1v) is 6.09. The molecular weight excluding hydrogens is 283 g/mol. The lowest BCUT2D eigenvalue weighted by Crippen LogP contribution is -2.13. The zero-order valence-electron chi connectivity index (χ0n) is 10.5. The van der Waals surface area contributed by atoms with Crippen molar-refractivity contribution in [2.75, 3.05) is 5.32 Å². The molecule has 4 nitrogen and oxygen atoms in total. The Morgan fingerprint density at radius 3 is 2.65 bits per heavy atom. The number of hydrogen-bond donors (Lipinski definition) is 1. The van der Waals surface area contributed by atoms with Gasteiger partial charge in [0.1, 0.15) is 11.5 Å². The summed E-state index contributed by atoms with van der Waals surface area (Å²) in [5.41, 5.74) is 0.697. The number of carbonyl (C=O) groups is 1. The Hall–Kier alpha value is -2.27. The highest BCUT2D eigenvalue weighted by Gasteiger charge is 2.14. The van der Waals surface area contributed by atoms with Crippen LogP contribution in [-0.4, -0.2) is 5.91 Å². The molecule has 0 atom stereocenters. The Balaban J connectivity index is 2.32. The van der Waals surface area contributed by atoms with E-state index in [4.69, 9.17) is 11.6 Å². The fourth-order valence-corrected chi connectivity index (χ4v) is 1.85. The van der Waals surface area contributed by atoms with E-state index >= 15 is 0 Å². The number of nitrogens with one attached hydrogen (secondary N) is 1. The fraction of sp³-hybridized carbons (Fsp3) is 0.0714. The number of nitroso groups, excluding NO2 is 1. The number of carbonyl (C=O) groups excluding carboxylic acids is 1. The number of rotatable bonds is 3. The zero-order valence-corrected chi connectivity index (χ0v) is 11.2. The van der Waals surface area contributed by atoms with Gasteiger partial charge in [-0.05, 0) is 48.0 Å². The highest BCUT2D eigenvalue weighted by Crippen LogP contribution is 2.25. The highest BCUT2D eigenvalue weighted by atomic mass is 35.5. The van der Waals surface area contributed by atoms with Crippen LogP contribution in [0, 0.1) is 17.6 Å². The molecule has 2 rings (SSSR count). The van der Waals surface area contributed by atoms with E-state index in [1.54, 1.807) is 13.0 Å². The smallest absolute Gasteiger partial charge is 0.258 e. The van der Waals surface area contributed by atoms with Crippen LogP contribution in [0.15, 0.2) is 41.6 Å². The molecule has 20 heavy (non-hydrogen) atoms. The Kier molecular flexibility index (Phi) is 4.10. The van der Waals surface area contributed by atoms with Gasteiger partial charge in [-0.25, -0.2) is 4.39 Å². The number of aryl methyl sites for hydroxylation is 1. The third kappa shape index (κ3) is 3.00. The quantitative estimate of drug-likeness (QED) is 0.850. The second-order valence-electron chi connectivity index (χ2n) is 4.19. The molecule has 2 aromatic carbocycles. The maximum absolute atomic E-state index is 13.7. The molecule has 0 radical (unpaired) electrons. The molecule has 1 amide bonds. The normalized spacial score (nSPS) is 10.2. The first kappa shape index (κ1) is 14.1. The summed E-state index contributed by atoms with van der Waals surface area (Å²) in [5, 5.41) is 5.42. The molecular formula is C14H10ClFN2O2. The lowest BCUT2D eigenvalue weighted by molar-refractivity contribution is 0.102. The molecule has 2 aromatic rings. The molecule has 0 heterocycles. The van der Waals surface area contributed by atoms with Gasteiger partial charge in [-0.1, -0.05) is 17.7 Å². The van der Waals surface area contributed by atoms with Gasteiger partial charge in [0, 0.05) is 5.02 Å². The monoisotopic (exact) mass is 292 g/mol. The van der Waals surface area contributed by atoms with Gasteiger partial charge in [0.05, 0.1) is 11.3 Å². The maximum Gasteiger partial charge on any atom is 0.258 e. The van der Waals surface area contributed by atoms with Crippen molar-refractivity contribution in [3.05, 3.63) is 63.3 Å². The average Bonchev–Trinajstić information content (AvgIpc) is 2.41. The van der Waals surface area contributed by atoms with E-state index in [1.165, 1.54) is 30.3 Å². The summed E-state index contributed by atoms with van der Waals surface area (Å²) in [6, 6.07) is 8.49. The highest BCUT2D eigenvalue weighted by molar-refractivity contribution is 6.31. The Morgan fingerprint density at radius 1 is 1.25 bits per heavy atom. The van der Waals surface area contributed by atoms with E-state index in [-0.39, 0.29) is 22.0 Å². The van der Waals surface area contributed by atoms with Crippen LogP contribution in [0.25, 0.3) is 0 Å². The van der Waals surface area contributed by atoms with Crippen LogP contribution in [0.2, 0.25) is 5.02 Å². The molecule has 0 unspecified atom stereocenters. The van der Waals surface area contributed by atoms with Crippen molar-refractivity contribution >= 4 is 28.9 Å². The van der Waals surface area contributed by atoms with Crippen LogP contribution >= 0.6 is 11.6 Å². The van der Waals surface area contributed by atoms with E-state index < -0.39 is 11.7 Å². The number of halogens is 2. The predicted octanol–water partition coefficient (Wildman–Crippen LogP) is 4.44. The Bertz CT molecular complexity index is 689. The second-order valence-corrected chi connectivity index (χ2v) is 4.63. The summed E-state index contributed by atoms with van der Waals surface area (Å²) in [4.78, 5) is 22.7. The van der Waals surface area contributed by atoms with E-state index in [2.05, 4.69) is 10.5 Å². The number of anilines is 1. The van der Waals surface area contributed by atoms with Crippen LogP contribution in [-0.2, 0) is 0 Å². The van der Waals surface area contributed by atoms with E-state index in [0.717, 1.165) is 5.56 Å². The maximum atomic E-state index is 13.7. The van der Waals surface area contributed by atoms with Gasteiger partial charge >= 0.3 is 0 Å². The average molecular weight is 293 g/mol. The van der Waals surface area contributed by atoms with Gasteiger partial charge in [-0.2, -0.15) is 0 Å². The molecule has 0 aliphatic rings. The lowest BCUT2D eigenvalue weighted by Gasteiger charge is -2.08. The topological polar surface area (TPSA) is 58.5 Å². The molecule has 0 aliphatic carbocycles. The lowest BCUT2D eigenvalue weighted by atomic mass is 10.1. The van der Waals surface area contributed by atoms with Crippen LogP contribution in [0.5, 0.6) is 0 Å². The van der Waals surface area contributed by atoms with Gasteiger partial charge in [0.15, 0.2) is 0 Å². The minimum absolute atomic E-state index is 0.00697. The van der Waals surface area contributed by atoms with Crippen molar-refractivity contribution in [1.29, 1.82) is 0 Å². The first-order valence-electron chi connectivity index (χ1n) is 5.71. The number of nitrogens with zero attached hydrogens (tertiary/aromatic N) is 1. The minimum atomic E-state index is -0.648. The van der Waals surface area contributed by atoms with Crippen LogP contribution in [0.1, 0.15) is 15.9 Å². The SMILES string of the molecule is Cc1ccc(NC(=O)c2cc(Cl)ccc2N=O)c(F)c1. The number of benzene rings is 2. The van der Waals surface area contributed by atoms with Crippen LogP contribution < -0.4 is 5.32 Å². The van der Waals surface area contributed by atoms with E-state index in [0.29, 0.717) is 0 Å². The molecule has 1 N–H and O–H groups in total. The zero-order chi connectivity index (χ0) is 14.7. The van der Waals surface area contributed by atoms with Crippen LogP contribution in [0.4, 0.5) is 15.8 Å². The largest absolute Gasteiger partial charge is 0.319 e. The summed E-state index contributed by atoms with van der Waals surface area (Å²) in [7, 11) is 0. The van der Waals surface area contributed by atoms with Crippen molar-refractivity contribution < 1.29 is 9.18 Å². The van der Waals surface area contributed by atoms with Gasteiger partial charge in [0.25, 0.3) is 5.91 Å². The molecule has 0 spiro atoms. The van der Waals surface area contributed by atoms with Crippen molar-refractivity contribution in [3.8, 4) is 0 Å². The molecule has 102 valence electrons. The van der Waals surface area contributed by atoms with Crippen molar-refractivity contribution in [3.63, 3.8) is 0 Å². The summed E-state index contributed by atoms with van der Waals surface area (Å²) in [6.45, 7) is 1.74. The van der Waals surface area contributed by atoms with Gasteiger partial charge in [0.2, 0.25) is 0 Å². The van der Waals surface area contributed by atoms with Gasteiger partial charge in [-0.15, -0.1) is 4.91 Å². The van der Waals surface area contributed by atoms with Gasteiger partial charge < -0.3 is 5.32 Å². The summed E-state index contributed by atoms with van der Waals surface area (Å²) in [5.74, 6) is -1.20. The third-order valence-corrected chi connectivity index (χ3v) is 2.91. The third-order valence-electron chi connectivity index (χ3n) is 2.67. The summed E-state index contributed by atoms with van der Waals surface area (Å²) in [6.07, 6.45) is 0. The Morgan fingerprint density at radius 2 is 2.00 bits per heavy atom. The van der Waals surface area contributed by atoms with Crippen molar-refractivity contribution in [2.24, 2.45) is 5.18 Å².